The molecule has 3 aromatic carbocycles. The molecule has 0 saturated carbocycles. The molecule has 2 N–H and O–H groups in total. The van der Waals surface area contributed by atoms with Crippen LogP contribution in [0.15, 0.2) is 101 Å². The molecular formula is C30H27FN2O2. The smallest absolute Gasteiger partial charge is 0.254 e. The van der Waals surface area contributed by atoms with Gasteiger partial charge in [0.05, 0.1) is 5.69 Å². The van der Waals surface area contributed by atoms with Crippen LogP contribution in [0.3, 0.4) is 0 Å². The first kappa shape index (κ1) is 22.8. The number of rotatable bonds is 4. The second kappa shape index (κ2) is 9.34. The first-order valence-electron chi connectivity index (χ1n) is 11.8. The van der Waals surface area contributed by atoms with E-state index in [0.717, 1.165) is 22.4 Å². The molecule has 0 bridgehead atoms. The highest BCUT2D eigenvalue weighted by Crippen LogP contribution is 2.45. The van der Waals surface area contributed by atoms with Crippen molar-refractivity contribution in [2.24, 2.45) is 0 Å². The van der Waals surface area contributed by atoms with E-state index in [-0.39, 0.29) is 17.4 Å². The zero-order chi connectivity index (χ0) is 24.5. The predicted molar refractivity (Wildman–Crippen MR) is 135 cm³/mol. The molecular weight excluding hydrogens is 439 g/mol. The van der Waals surface area contributed by atoms with Crippen LogP contribution in [-0.2, 0) is 9.59 Å². The van der Waals surface area contributed by atoms with E-state index in [1.165, 1.54) is 12.1 Å². The summed E-state index contributed by atoms with van der Waals surface area (Å²) in [4.78, 5) is 27.2. The maximum Gasteiger partial charge on any atom is 0.254 e. The fourth-order valence-corrected chi connectivity index (χ4v) is 5.15. The van der Waals surface area contributed by atoms with Gasteiger partial charge in [0.1, 0.15) is 5.82 Å². The van der Waals surface area contributed by atoms with Gasteiger partial charge in [0.2, 0.25) is 0 Å². The van der Waals surface area contributed by atoms with Crippen molar-refractivity contribution in [3.63, 3.8) is 0 Å². The minimum absolute atomic E-state index is 0.0295. The average molecular weight is 467 g/mol. The van der Waals surface area contributed by atoms with Gasteiger partial charge < -0.3 is 10.6 Å². The molecule has 0 saturated heterocycles. The Morgan fingerprint density at radius 1 is 0.886 bits per heavy atom. The third-order valence-electron chi connectivity index (χ3n) is 6.88. The van der Waals surface area contributed by atoms with Gasteiger partial charge in [-0.05, 0) is 49.4 Å². The highest BCUT2D eigenvalue weighted by atomic mass is 19.1. The number of allylic oxidation sites excluding steroid dienone is 3. The molecule has 1 amide bonds. The monoisotopic (exact) mass is 466 g/mol. The van der Waals surface area contributed by atoms with Gasteiger partial charge in [0.25, 0.3) is 5.91 Å². The van der Waals surface area contributed by atoms with Crippen LogP contribution in [0.5, 0.6) is 0 Å². The summed E-state index contributed by atoms with van der Waals surface area (Å²) < 4.78 is 14.3. The SMILES string of the molecule is CC1=C(C(=O)Nc2ccccc2F)C(c2ccc(C)cc2)C2=C(CC(c3ccccc3)CC2=O)N1. The Labute approximate surface area is 204 Å². The van der Waals surface area contributed by atoms with E-state index in [0.29, 0.717) is 29.7 Å². The zero-order valence-corrected chi connectivity index (χ0v) is 19.8. The number of dihydropyridines is 1. The lowest BCUT2D eigenvalue weighted by Gasteiger charge is -2.37. The van der Waals surface area contributed by atoms with Gasteiger partial charge in [0, 0.05) is 34.9 Å². The van der Waals surface area contributed by atoms with Crippen LogP contribution in [-0.4, -0.2) is 11.7 Å². The van der Waals surface area contributed by atoms with E-state index in [2.05, 4.69) is 22.8 Å². The van der Waals surface area contributed by atoms with Crippen LogP contribution >= 0.6 is 0 Å². The zero-order valence-electron chi connectivity index (χ0n) is 19.8. The topological polar surface area (TPSA) is 58.2 Å². The van der Waals surface area contributed by atoms with Crippen molar-refractivity contribution in [3.05, 3.63) is 124 Å². The number of halogens is 1. The van der Waals surface area contributed by atoms with Crippen LogP contribution in [0, 0.1) is 12.7 Å². The molecule has 5 heteroatoms. The molecule has 0 fully saturated rings. The number of anilines is 1. The molecule has 1 aliphatic heterocycles. The number of carbonyl (C=O) groups excluding carboxylic acids is 2. The Balaban J connectivity index is 1.57. The molecule has 0 radical (unpaired) electrons. The Kier molecular flexibility index (Phi) is 6.08. The normalized spacial score (nSPS) is 19.8. The van der Waals surface area contributed by atoms with Gasteiger partial charge in [0.15, 0.2) is 5.78 Å². The molecule has 3 aromatic rings. The molecule has 0 aromatic heterocycles. The molecule has 0 spiro atoms. The van der Waals surface area contributed by atoms with Crippen molar-refractivity contribution < 1.29 is 14.0 Å². The van der Waals surface area contributed by atoms with E-state index in [9.17, 15) is 14.0 Å². The van der Waals surface area contributed by atoms with E-state index in [1.807, 2.05) is 56.3 Å². The van der Waals surface area contributed by atoms with Gasteiger partial charge in [-0.2, -0.15) is 0 Å². The van der Waals surface area contributed by atoms with Crippen molar-refractivity contribution in [3.8, 4) is 0 Å². The van der Waals surface area contributed by atoms with Crippen molar-refractivity contribution in [1.82, 2.24) is 5.32 Å². The Bertz CT molecular complexity index is 1360. The first-order chi connectivity index (χ1) is 16.9. The van der Waals surface area contributed by atoms with Gasteiger partial charge >= 0.3 is 0 Å². The minimum atomic E-state index is -0.525. The number of amides is 1. The maximum absolute atomic E-state index is 14.3. The van der Waals surface area contributed by atoms with Crippen LogP contribution in [0.25, 0.3) is 0 Å². The molecule has 4 nitrogen and oxygen atoms in total. The van der Waals surface area contributed by atoms with E-state index in [4.69, 9.17) is 0 Å². The van der Waals surface area contributed by atoms with Crippen LogP contribution in [0.2, 0.25) is 0 Å². The van der Waals surface area contributed by atoms with Gasteiger partial charge in [-0.1, -0.05) is 72.3 Å². The second-order valence-corrected chi connectivity index (χ2v) is 9.27. The van der Waals surface area contributed by atoms with E-state index in [1.54, 1.807) is 12.1 Å². The summed E-state index contributed by atoms with van der Waals surface area (Å²) in [5, 5.41) is 6.10. The van der Waals surface area contributed by atoms with Crippen molar-refractivity contribution in [2.75, 3.05) is 5.32 Å². The lowest BCUT2D eigenvalue weighted by Crippen LogP contribution is -2.37. The number of aryl methyl sites for hydroxylation is 1. The quantitative estimate of drug-likeness (QED) is 0.486. The third kappa shape index (κ3) is 4.42. The van der Waals surface area contributed by atoms with Crippen LogP contribution in [0.1, 0.15) is 48.3 Å². The minimum Gasteiger partial charge on any atom is -0.362 e. The van der Waals surface area contributed by atoms with Crippen LogP contribution in [0.4, 0.5) is 10.1 Å². The molecule has 176 valence electrons. The molecule has 2 unspecified atom stereocenters. The van der Waals surface area contributed by atoms with Gasteiger partial charge in [-0.25, -0.2) is 4.39 Å². The summed E-state index contributed by atoms with van der Waals surface area (Å²) in [5.41, 5.74) is 5.80. The molecule has 1 aliphatic carbocycles. The third-order valence-corrected chi connectivity index (χ3v) is 6.88. The Morgan fingerprint density at radius 2 is 1.57 bits per heavy atom. The molecule has 1 heterocycles. The number of ketones is 1. The Hall–Kier alpha value is -3.99. The number of benzene rings is 3. The van der Waals surface area contributed by atoms with E-state index < -0.39 is 17.6 Å². The number of hydrogen-bond acceptors (Lipinski definition) is 3. The average Bonchev–Trinajstić information content (AvgIpc) is 2.85. The summed E-state index contributed by atoms with van der Waals surface area (Å²) >= 11 is 0. The summed E-state index contributed by atoms with van der Waals surface area (Å²) in [7, 11) is 0. The molecule has 2 atom stereocenters. The summed E-state index contributed by atoms with van der Waals surface area (Å²) in [6, 6.07) is 24.1. The largest absolute Gasteiger partial charge is 0.362 e. The van der Waals surface area contributed by atoms with Crippen molar-refractivity contribution in [1.29, 1.82) is 0 Å². The van der Waals surface area contributed by atoms with Crippen LogP contribution < -0.4 is 10.6 Å². The Morgan fingerprint density at radius 3 is 2.29 bits per heavy atom. The highest BCUT2D eigenvalue weighted by molar-refractivity contribution is 6.10. The van der Waals surface area contributed by atoms with Gasteiger partial charge in [-0.15, -0.1) is 0 Å². The van der Waals surface area contributed by atoms with Crippen molar-refractivity contribution in [2.45, 2.75) is 38.5 Å². The second-order valence-electron chi connectivity index (χ2n) is 9.27. The number of carbonyl (C=O) groups is 2. The summed E-state index contributed by atoms with van der Waals surface area (Å²) in [6.45, 7) is 3.85. The lowest BCUT2D eigenvalue weighted by molar-refractivity contribution is -0.116. The van der Waals surface area contributed by atoms with Gasteiger partial charge in [-0.3, -0.25) is 9.59 Å². The number of hydrogen-bond donors (Lipinski definition) is 2. The number of para-hydroxylation sites is 1. The first-order valence-corrected chi connectivity index (χ1v) is 11.8. The number of nitrogens with one attached hydrogen (secondary N) is 2. The summed E-state index contributed by atoms with van der Waals surface area (Å²) in [5.74, 6) is -1.34. The van der Waals surface area contributed by atoms with E-state index >= 15 is 0 Å². The lowest BCUT2D eigenvalue weighted by atomic mass is 9.71. The standard InChI is InChI=1S/C30H27FN2O2/c1-18-12-14-21(15-13-18)28-27(30(35)33-24-11-7-6-10-23(24)31)19(2)32-25-16-22(17-26(34)29(25)28)20-8-4-3-5-9-20/h3-15,22,28,32H,16-17H2,1-2H3,(H,33,35). The van der Waals surface area contributed by atoms with Crippen molar-refractivity contribution >= 4 is 17.4 Å². The summed E-state index contributed by atoms with van der Waals surface area (Å²) in [6.07, 6.45) is 1.07. The fraction of sp³-hybridized carbons (Fsp3) is 0.200. The molecule has 5 rings (SSSR count). The predicted octanol–water partition coefficient (Wildman–Crippen LogP) is 6.13. The number of Topliss-reactive ketones (excluding diaryl/α,β-unsaturated/α-hetero) is 1. The molecule has 2 aliphatic rings. The maximum atomic E-state index is 14.3. The highest BCUT2D eigenvalue weighted by Gasteiger charge is 2.40. The fourth-order valence-electron chi connectivity index (χ4n) is 5.15. The molecule has 35 heavy (non-hydrogen) atoms.